The molecule has 9 nitrogen and oxygen atoms in total. The molecule has 1 fully saturated rings. The Morgan fingerprint density at radius 2 is 2.00 bits per heavy atom. The summed E-state index contributed by atoms with van der Waals surface area (Å²) < 4.78 is 7.93. The Bertz CT molecular complexity index is 1140. The van der Waals surface area contributed by atoms with Crippen molar-refractivity contribution in [2.75, 3.05) is 44.8 Å². The van der Waals surface area contributed by atoms with Gasteiger partial charge in [-0.2, -0.15) is 5.10 Å². The first-order valence-corrected chi connectivity index (χ1v) is 11.0. The third kappa shape index (κ3) is 3.65. The lowest BCUT2D eigenvalue weighted by molar-refractivity contribution is 0.0735. The zero-order chi connectivity index (χ0) is 23.2. The normalized spacial score (nSPS) is 16.7. The number of β-amino-alcohol motifs (C(OH)–C–C–N with tert-alkyl or cyclic N) is 1. The van der Waals surface area contributed by atoms with E-state index in [0.717, 1.165) is 46.7 Å². The summed E-state index contributed by atoms with van der Waals surface area (Å²) >= 11 is 0. The maximum absolute atomic E-state index is 9.73. The van der Waals surface area contributed by atoms with Crippen molar-refractivity contribution in [2.24, 2.45) is 0 Å². The predicted octanol–water partition coefficient (Wildman–Crippen LogP) is 2.46. The van der Waals surface area contributed by atoms with Gasteiger partial charge in [0.1, 0.15) is 17.9 Å². The molecule has 1 aliphatic rings. The number of nitrogen functional groups attached to an aromatic ring is 1. The van der Waals surface area contributed by atoms with Gasteiger partial charge in [0.25, 0.3) is 0 Å². The quantitative estimate of drug-likeness (QED) is 0.514. The molecule has 0 spiro atoms. The molecule has 1 aromatic carbocycles. The first-order valence-electron chi connectivity index (χ1n) is 11.0. The highest BCUT2D eigenvalue weighted by Crippen LogP contribution is 2.45. The molecule has 4 N–H and O–H groups in total. The average molecular weight is 440 g/mol. The number of fused-ring (bicyclic) bond motifs is 1. The number of nitrogens with one attached hydrogen (secondary N) is 1. The Kier molecular flexibility index (Phi) is 5.96. The Morgan fingerprint density at radius 1 is 1.28 bits per heavy atom. The number of nitrogens with zero attached hydrogens (tertiary/aromatic N) is 5. The summed E-state index contributed by atoms with van der Waals surface area (Å²) in [5, 5.41) is 18.7. The first kappa shape index (κ1) is 22.3. The molecule has 9 heteroatoms. The Balaban J connectivity index is 1.80. The average Bonchev–Trinajstić information content (AvgIpc) is 3.06. The van der Waals surface area contributed by atoms with Crippen molar-refractivity contribution in [1.82, 2.24) is 24.6 Å². The van der Waals surface area contributed by atoms with E-state index in [0.29, 0.717) is 23.9 Å². The fraction of sp³-hybridized carbons (Fsp3) is 0.522. The molecule has 0 amide bonds. The van der Waals surface area contributed by atoms with E-state index in [4.69, 9.17) is 15.6 Å². The van der Waals surface area contributed by atoms with Crippen LogP contribution in [0.4, 0.5) is 11.5 Å². The number of aryl methyl sites for hydroxylation is 2. The number of nitrogens with two attached hydrogens (primary N) is 1. The number of anilines is 2. The fourth-order valence-corrected chi connectivity index (χ4v) is 4.96. The van der Waals surface area contributed by atoms with Crippen LogP contribution in [0.1, 0.15) is 48.2 Å². The van der Waals surface area contributed by atoms with E-state index in [2.05, 4.69) is 40.1 Å². The molecule has 1 aliphatic heterocycles. The van der Waals surface area contributed by atoms with Crippen molar-refractivity contribution in [2.45, 2.75) is 45.8 Å². The van der Waals surface area contributed by atoms with Crippen LogP contribution in [0.25, 0.3) is 11.0 Å². The number of aromatic nitrogens is 4. The van der Waals surface area contributed by atoms with E-state index < -0.39 is 0 Å². The van der Waals surface area contributed by atoms with Gasteiger partial charge in [-0.3, -0.25) is 4.90 Å². The Hall–Kier alpha value is -2.91. The minimum Gasteiger partial charge on any atom is -0.496 e. The molecule has 3 heterocycles. The van der Waals surface area contributed by atoms with Crippen LogP contribution in [0.2, 0.25) is 0 Å². The highest BCUT2D eigenvalue weighted by molar-refractivity contribution is 5.88. The minimum absolute atomic E-state index is 0.118. The number of aliphatic hydroxyl groups is 1. The number of hydrogen-bond donors (Lipinski definition) is 3. The SMILES string of the molecule is CNc1c(C)cc(C(C)n2nc(C)c3c(N)ncnc32)c(OC)c1C1CN(C[C@H](C)O)C1. The van der Waals surface area contributed by atoms with Crippen LogP contribution in [-0.2, 0) is 0 Å². The van der Waals surface area contributed by atoms with E-state index >= 15 is 0 Å². The van der Waals surface area contributed by atoms with Gasteiger partial charge in [-0.1, -0.05) is 0 Å². The maximum Gasteiger partial charge on any atom is 0.164 e. The van der Waals surface area contributed by atoms with Crippen molar-refractivity contribution < 1.29 is 9.84 Å². The highest BCUT2D eigenvalue weighted by atomic mass is 16.5. The molecule has 0 bridgehead atoms. The molecule has 0 saturated carbocycles. The van der Waals surface area contributed by atoms with Crippen molar-refractivity contribution in [3.05, 3.63) is 34.8 Å². The molecule has 3 aromatic rings. The van der Waals surface area contributed by atoms with Crippen molar-refractivity contribution in [1.29, 1.82) is 0 Å². The van der Waals surface area contributed by atoms with Gasteiger partial charge >= 0.3 is 0 Å². The second kappa shape index (κ2) is 8.55. The van der Waals surface area contributed by atoms with Crippen LogP contribution in [0.5, 0.6) is 5.75 Å². The zero-order valence-corrected chi connectivity index (χ0v) is 19.7. The van der Waals surface area contributed by atoms with Gasteiger partial charge in [0, 0.05) is 49.4 Å². The number of likely N-dealkylation sites (tertiary alicyclic amines) is 1. The van der Waals surface area contributed by atoms with Gasteiger partial charge in [0.15, 0.2) is 5.65 Å². The number of aliphatic hydroxyl groups excluding tert-OH is 1. The van der Waals surface area contributed by atoms with Gasteiger partial charge in [-0.15, -0.1) is 0 Å². The number of rotatable bonds is 7. The lowest BCUT2D eigenvalue weighted by atomic mass is 9.85. The largest absolute Gasteiger partial charge is 0.496 e. The maximum atomic E-state index is 9.73. The third-order valence-electron chi connectivity index (χ3n) is 6.39. The molecule has 1 unspecified atom stereocenters. The summed E-state index contributed by atoms with van der Waals surface area (Å²) in [4.78, 5) is 10.9. The highest BCUT2D eigenvalue weighted by Gasteiger charge is 2.35. The fourth-order valence-electron chi connectivity index (χ4n) is 4.96. The van der Waals surface area contributed by atoms with Crippen LogP contribution in [0.15, 0.2) is 12.4 Å². The number of methoxy groups -OCH3 is 1. The molecule has 172 valence electrons. The van der Waals surface area contributed by atoms with E-state index in [1.54, 1.807) is 7.11 Å². The van der Waals surface area contributed by atoms with Crippen LogP contribution >= 0.6 is 0 Å². The van der Waals surface area contributed by atoms with Crippen LogP contribution in [0, 0.1) is 13.8 Å². The number of ether oxygens (including phenoxy) is 1. The first-order chi connectivity index (χ1) is 15.3. The smallest absolute Gasteiger partial charge is 0.164 e. The van der Waals surface area contributed by atoms with Crippen molar-refractivity contribution >= 4 is 22.5 Å². The van der Waals surface area contributed by atoms with Gasteiger partial charge in [0.2, 0.25) is 0 Å². The molecular formula is C23H33N7O2. The van der Waals surface area contributed by atoms with Crippen LogP contribution in [0.3, 0.4) is 0 Å². The summed E-state index contributed by atoms with van der Waals surface area (Å²) in [5.74, 6) is 1.64. The predicted molar refractivity (Wildman–Crippen MR) is 126 cm³/mol. The van der Waals surface area contributed by atoms with Gasteiger partial charge in [-0.25, -0.2) is 14.6 Å². The zero-order valence-electron chi connectivity index (χ0n) is 19.7. The van der Waals surface area contributed by atoms with E-state index in [1.165, 1.54) is 11.9 Å². The molecule has 2 aromatic heterocycles. The molecule has 32 heavy (non-hydrogen) atoms. The lowest BCUT2D eigenvalue weighted by Gasteiger charge is -2.42. The topological polar surface area (TPSA) is 114 Å². The summed E-state index contributed by atoms with van der Waals surface area (Å²) in [6.45, 7) is 10.4. The molecule has 1 saturated heterocycles. The standard InChI is InChI=1S/C23H33N7O2/c1-12-7-17(15(4)30-23-18(14(3)28-30)22(24)26-11-27-23)21(32-6)19(20(12)25-5)16-9-29(10-16)8-13(2)31/h7,11,13,15-16,25,31H,8-10H2,1-6H3,(H2,24,26,27)/t13-,15?/m0/s1. The number of benzene rings is 1. The van der Waals surface area contributed by atoms with Crippen molar-refractivity contribution in [3.63, 3.8) is 0 Å². The second-order valence-electron chi connectivity index (χ2n) is 8.78. The van der Waals surface area contributed by atoms with Gasteiger partial charge < -0.3 is 20.9 Å². The summed E-state index contributed by atoms with van der Waals surface area (Å²) in [6.07, 6.45) is 1.14. The van der Waals surface area contributed by atoms with E-state index in [-0.39, 0.29) is 12.1 Å². The lowest BCUT2D eigenvalue weighted by Crippen LogP contribution is -2.48. The molecule has 0 aliphatic carbocycles. The van der Waals surface area contributed by atoms with Crippen LogP contribution in [-0.4, -0.2) is 69.7 Å². The Morgan fingerprint density at radius 3 is 2.62 bits per heavy atom. The monoisotopic (exact) mass is 439 g/mol. The molecule has 4 rings (SSSR count). The minimum atomic E-state index is -0.333. The molecule has 0 radical (unpaired) electrons. The van der Waals surface area contributed by atoms with Gasteiger partial charge in [-0.05, 0) is 39.3 Å². The Labute approximate surface area is 188 Å². The second-order valence-corrected chi connectivity index (χ2v) is 8.78. The third-order valence-corrected chi connectivity index (χ3v) is 6.39. The van der Waals surface area contributed by atoms with Crippen molar-refractivity contribution in [3.8, 4) is 5.75 Å². The van der Waals surface area contributed by atoms with Gasteiger partial charge in [0.05, 0.1) is 30.3 Å². The van der Waals surface area contributed by atoms with E-state index in [9.17, 15) is 5.11 Å². The molecular weight excluding hydrogens is 406 g/mol. The molecule has 2 atom stereocenters. The summed E-state index contributed by atoms with van der Waals surface area (Å²) in [6, 6.07) is 2.05. The summed E-state index contributed by atoms with van der Waals surface area (Å²) in [5.41, 5.74) is 12.1. The van der Waals surface area contributed by atoms with E-state index in [1.807, 2.05) is 25.6 Å². The van der Waals surface area contributed by atoms with Crippen LogP contribution < -0.4 is 15.8 Å². The number of hydrogen-bond acceptors (Lipinski definition) is 8. The summed E-state index contributed by atoms with van der Waals surface area (Å²) in [7, 11) is 3.67.